The summed E-state index contributed by atoms with van der Waals surface area (Å²) in [5.74, 6) is 1.19. The summed E-state index contributed by atoms with van der Waals surface area (Å²) in [5, 5.41) is 6.23. The molecule has 220 valence electrons. The first-order valence-corrected chi connectivity index (χ1v) is 14.9. The molecule has 41 heavy (non-hydrogen) atoms. The van der Waals surface area contributed by atoms with Gasteiger partial charge in [0.2, 0.25) is 5.91 Å². The topological polar surface area (TPSA) is 70.7 Å². The largest absolute Gasteiger partial charge is 0.491 e. The van der Waals surface area contributed by atoms with E-state index in [4.69, 9.17) is 4.74 Å². The van der Waals surface area contributed by atoms with Gasteiger partial charge in [-0.2, -0.15) is 0 Å². The van der Waals surface area contributed by atoms with E-state index in [1.807, 2.05) is 51.1 Å². The molecule has 0 radical (unpaired) electrons. The van der Waals surface area contributed by atoms with Crippen LogP contribution in [0.25, 0.3) is 0 Å². The molecule has 1 heterocycles. The number of ether oxygens (including phenoxy) is 1. The Morgan fingerprint density at radius 2 is 1.78 bits per heavy atom. The van der Waals surface area contributed by atoms with Crippen LogP contribution in [0.5, 0.6) is 5.75 Å². The van der Waals surface area contributed by atoms with Crippen LogP contribution in [-0.2, 0) is 11.2 Å². The Balaban J connectivity index is 1.68. The number of benzene rings is 2. The van der Waals surface area contributed by atoms with Gasteiger partial charge in [0.15, 0.2) is 0 Å². The average Bonchev–Trinajstić information content (AvgIpc) is 2.94. The van der Waals surface area contributed by atoms with Crippen LogP contribution < -0.4 is 15.4 Å². The molecule has 0 bridgehead atoms. The number of carbonyl (C=O) groups excluding carboxylic acids is 2. The molecule has 1 aliphatic rings. The number of nitrogens with zero attached hydrogens (tertiary/aromatic N) is 1. The molecule has 2 amide bonds. The van der Waals surface area contributed by atoms with Crippen molar-refractivity contribution in [1.82, 2.24) is 15.5 Å². The van der Waals surface area contributed by atoms with E-state index >= 15 is 0 Å². The van der Waals surface area contributed by atoms with Crippen molar-refractivity contribution in [3.05, 3.63) is 101 Å². The number of hydrogen-bond donors (Lipinski definition) is 2. The van der Waals surface area contributed by atoms with Crippen LogP contribution in [0.4, 0.5) is 0 Å². The van der Waals surface area contributed by atoms with Crippen LogP contribution in [0.1, 0.15) is 74.9 Å². The zero-order chi connectivity index (χ0) is 29.8. The lowest BCUT2D eigenvalue weighted by Crippen LogP contribution is -2.51. The molecule has 2 aromatic rings. The van der Waals surface area contributed by atoms with Crippen molar-refractivity contribution in [2.75, 3.05) is 19.6 Å². The highest BCUT2D eigenvalue weighted by Gasteiger charge is 2.41. The number of carbonyl (C=O) groups is 2. The van der Waals surface area contributed by atoms with E-state index in [-0.39, 0.29) is 17.9 Å². The minimum absolute atomic E-state index is 0.0665. The van der Waals surface area contributed by atoms with E-state index in [0.29, 0.717) is 50.3 Å². The van der Waals surface area contributed by atoms with Crippen molar-refractivity contribution in [1.29, 1.82) is 0 Å². The van der Waals surface area contributed by atoms with Gasteiger partial charge in [-0.25, -0.2) is 0 Å². The van der Waals surface area contributed by atoms with Gasteiger partial charge in [-0.3, -0.25) is 9.59 Å². The quantitative estimate of drug-likeness (QED) is 0.268. The van der Waals surface area contributed by atoms with E-state index in [0.717, 1.165) is 35.3 Å². The second kappa shape index (κ2) is 15.3. The molecule has 1 aliphatic heterocycles. The highest BCUT2D eigenvalue weighted by atomic mass is 16.5. The highest BCUT2D eigenvalue weighted by molar-refractivity contribution is 5.96. The molecule has 1 saturated heterocycles. The summed E-state index contributed by atoms with van der Waals surface area (Å²) >= 11 is 0. The molecule has 2 N–H and O–H groups in total. The van der Waals surface area contributed by atoms with Gasteiger partial charge in [0, 0.05) is 25.2 Å². The van der Waals surface area contributed by atoms with Gasteiger partial charge in [-0.05, 0) is 87.8 Å². The summed E-state index contributed by atoms with van der Waals surface area (Å²) in [6.45, 7) is 16.0. The number of rotatable bonds is 13. The fraction of sp³-hybridized carbons (Fsp3) is 0.429. The zero-order valence-corrected chi connectivity index (χ0v) is 25.5. The Bertz CT molecular complexity index is 1240. The van der Waals surface area contributed by atoms with Crippen molar-refractivity contribution in [2.45, 2.75) is 72.8 Å². The van der Waals surface area contributed by atoms with Crippen molar-refractivity contribution >= 4 is 11.8 Å². The molecule has 3 rings (SSSR count). The Hall–Kier alpha value is -3.80. The number of hydrogen-bond acceptors (Lipinski definition) is 4. The van der Waals surface area contributed by atoms with Gasteiger partial charge in [0.1, 0.15) is 11.6 Å². The minimum Gasteiger partial charge on any atom is -0.491 e. The predicted octanol–water partition coefficient (Wildman–Crippen LogP) is 6.73. The van der Waals surface area contributed by atoms with E-state index in [1.165, 1.54) is 0 Å². The molecule has 0 spiro atoms. The van der Waals surface area contributed by atoms with Gasteiger partial charge in [-0.1, -0.05) is 69.0 Å². The van der Waals surface area contributed by atoms with Gasteiger partial charge >= 0.3 is 0 Å². The number of amides is 2. The Labute approximate surface area is 246 Å². The van der Waals surface area contributed by atoms with Crippen molar-refractivity contribution in [3.63, 3.8) is 0 Å². The first-order valence-electron chi connectivity index (χ1n) is 14.9. The monoisotopic (exact) mass is 557 g/mol. The first kappa shape index (κ1) is 31.7. The smallest absolute Gasteiger partial charge is 0.257 e. The maximum absolute atomic E-state index is 13.8. The van der Waals surface area contributed by atoms with Crippen molar-refractivity contribution < 1.29 is 14.3 Å². The number of allylic oxidation sites excluding steroid dienone is 2. The molecular formula is C35H47N3O3. The molecular weight excluding hydrogens is 510 g/mol. The van der Waals surface area contributed by atoms with Crippen LogP contribution in [0.3, 0.4) is 0 Å². The maximum atomic E-state index is 13.8. The second-order valence-corrected chi connectivity index (χ2v) is 11.2. The summed E-state index contributed by atoms with van der Waals surface area (Å²) in [7, 11) is 0. The molecule has 0 aliphatic carbocycles. The summed E-state index contributed by atoms with van der Waals surface area (Å²) in [5.41, 5.74) is 3.18. The molecule has 0 saturated carbocycles. The lowest BCUT2D eigenvalue weighted by molar-refractivity contribution is -0.133. The van der Waals surface area contributed by atoms with Crippen LogP contribution in [-0.4, -0.2) is 42.5 Å². The summed E-state index contributed by atoms with van der Waals surface area (Å²) in [6.07, 6.45) is 10.4. The SMILES string of the molecule is C=C(NC(=O)c1ccc(OC(C)C)cc1C)N1CCC(Cc2ccccc2)(C(=O)NCC(/C=C\CC)=C/CC)CC1. The molecule has 6 heteroatoms. The Kier molecular flexibility index (Phi) is 11.8. The number of aryl methyl sites for hydroxylation is 1. The van der Waals surface area contributed by atoms with Crippen LogP contribution >= 0.6 is 0 Å². The van der Waals surface area contributed by atoms with Gasteiger partial charge in [0.25, 0.3) is 5.91 Å². The van der Waals surface area contributed by atoms with Crippen LogP contribution in [0, 0.1) is 12.3 Å². The molecule has 0 atom stereocenters. The van der Waals surface area contributed by atoms with E-state index in [9.17, 15) is 9.59 Å². The summed E-state index contributed by atoms with van der Waals surface area (Å²) < 4.78 is 5.75. The third kappa shape index (κ3) is 9.10. The molecule has 0 unspecified atom stereocenters. The number of nitrogens with one attached hydrogen (secondary N) is 2. The normalized spacial score (nSPS) is 15.2. The predicted molar refractivity (Wildman–Crippen MR) is 168 cm³/mol. The second-order valence-electron chi connectivity index (χ2n) is 11.2. The summed E-state index contributed by atoms with van der Waals surface area (Å²) in [4.78, 5) is 29.0. The van der Waals surface area contributed by atoms with Crippen LogP contribution in [0.2, 0.25) is 0 Å². The fourth-order valence-corrected chi connectivity index (χ4v) is 5.29. The lowest BCUT2D eigenvalue weighted by atomic mass is 9.73. The number of piperidine rings is 1. The molecule has 1 fully saturated rings. The minimum atomic E-state index is -0.531. The maximum Gasteiger partial charge on any atom is 0.257 e. The third-order valence-corrected chi connectivity index (χ3v) is 7.53. The van der Waals surface area contributed by atoms with Crippen molar-refractivity contribution in [3.8, 4) is 5.75 Å². The van der Waals surface area contributed by atoms with Crippen LogP contribution in [0.15, 0.2) is 84.7 Å². The van der Waals surface area contributed by atoms with Gasteiger partial charge in [-0.15, -0.1) is 0 Å². The third-order valence-electron chi connectivity index (χ3n) is 7.53. The Morgan fingerprint density at radius 3 is 2.39 bits per heavy atom. The summed E-state index contributed by atoms with van der Waals surface area (Å²) in [6, 6.07) is 15.7. The number of likely N-dealkylation sites (tertiary alicyclic amines) is 1. The first-order chi connectivity index (χ1) is 19.7. The Morgan fingerprint density at radius 1 is 1.07 bits per heavy atom. The van der Waals surface area contributed by atoms with Crippen molar-refractivity contribution in [2.24, 2.45) is 5.41 Å². The average molecular weight is 558 g/mol. The lowest BCUT2D eigenvalue weighted by Gasteiger charge is -2.42. The van der Waals surface area contributed by atoms with E-state index < -0.39 is 5.41 Å². The standard InChI is InChI=1S/C35H47N3O3/c1-7-9-14-30(13-8-2)25-36-34(40)35(24-29-15-11-10-12-16-29)19-21-38(22-20-35)28(6)37-33(39)32-18-17-31(23-27(32)5)41-26(3)4/h9-18,23,26H,6-8,19-22,24-25H2,1-5H3,(H,36,40)(H,37,39)/b14-9-,30-13+. The van der Waals surface area contributed by atoms with Gasteiger partial charge < -0.3 is 20.3 Å². The highest BCUT2D eigenvalue weighted by Crippen LogP contribution is 2.36. The van der Waals surface area contributed by atoms with E-state index in [2.05, 4.69) is 66.3 Å². The zero-order valence-electron chi connectivity index (χ0n) is 25.5. The molecule has 6 nitrogen and oxygen atoms in total. The molecule has 0 aromatic heterocycles. The van der Waals surface area contributed by atoms with Gasteiger partial charge in [0.05, 0.1) is 11.5 Å². The fourth-order valence-electron chi connectivity index (χ4n) is 5.29. The van der Waals surface area contributed by atoms with E-state index in [1.54, 1.807) is 6.07 Å². The molecule has 2 aromatic carbocycles.